The van der Waals surface area contributed by atoms with Crippen molar-refractivity contribution >= 4 is 59.8 Å². The van der Waals surface area contributed by atoms with Crippen LogP contribution < -0.4 is 25.8 Å². The highest BCUT2D eigenvalue weighted by Gasteiger charge is 2.28. The number of anilines is 2. The van der Waals surface area contributed by atoms with Crippen molar-refractivity contribution in [1.82, 2.24) is 0 Å². The van der Waals surface area contributed by atoms with Gasteiger partial charge in [0.05, 0.1) is 10.8 Å². The van der Waals surface area contributed by atoms with Crippen molar-refractivity contribution in [3.05, 3.63) is 34.5 Å². The molecule has 0 atom stereocenters. The molecule has 0 spiro atoms. The zero-order valence-corrected chi connectivity index (χ0v) is 25.5. The molecule has 0 saturated heterocycles. The minimum absolute atomic E-state index is 0.143. The summed E-state index contributed by atoms with van der Waals surface area (Å²) >= 11 is 0. The van der Waals surface area contributed by atoms with Crippen molar-refractivity contribution in [1.29, 1.82) is 0 Å². The van der Waals surface area contributed by atoms with Gasteiger partial charge in [-0.25, -0.2) is 0 Å². The van der Waals surface area contributed by atoms with Crippen molar-refractivity contribution in [2.24, 2.45) is 0 Å². The first kappa shape index (κ1) is 27.9. The summed E-state index contributed by atoms with van der Waals surface area (Å²) in [6.45, 7) is 18.3. The summed E-state index contributed by atoms with van der Waals surface area (Å²) < 4.78 is 6.68. The number of hydrogen-bond acceptors (Lipinski definition) is 4. The van der Waals surface area contributed by atoms with Crippen LogP contribution in [0.2, 0.25) is 0 Å². The van der Waals surface area contributed by atoms with Gasteiger partial charge in [0, 0.05) is 51.7 Å². The third kappa shape index (κ3) is 5.40. The van der Waals surface area contributed by atoms with Crippen LogP contribution in [-0.4, -0.2) is 50.8 Å². The molecule has 0 radical (unpaired) electrons. The molecule has 0 fully saturated rings. The van der Waals surface area contributed by atoms with Crippen molar-refractivity contribution in [3.63, 3.8) is 0 Å². The van der Waals surface area contributed by atoms with Crippen molar-refractivity contribution in [2.75, 3.05) is 38.0 Å². The second-order valence-corrected chi connectivity index (χ2v) is 17.8. The Balaban J connectivity index is 2.59. The van der Waals surface area contributed by atoms with Crippen LogP contribution in [-0.2, 0) is 0 Å². The summed E-state index contributed by atoms with van der Waals surface area (Å²) in [5.41, 5.74) is 5.61. The quantitative estimate of drug-likeness (QED) is 0.241. The van der Waals surface area contributed by atoms with Gasteiger partial charge >= 0.3 is 0 Å². The van der Waals surface area contributed by atoms with Crippen LogP contribution in [0, 0.1) is 0 Å². The molecule has 35 heavy (non-hydrogen) atoms. The predicted octanol–water partition coefficient (Wildman–Crippen LogP) is 6.93. The van der Waals surface area contributed by atoms with Gasteiger partial charge in [0.1, 0.15) is 11.2 Å². The molecular weight excluding hydrogens is 470 g/mol. The van der Waals surface area contributed by atoms with E-state index in [1.807, 2.05) is 12.1 Å². The average molecular weight is 515 g/mol. The van der Waals surface area contributed by atoms with Crippen LogP contribution >= 0.6 is 15.8 Å². The van der Waals surface area contributed by atoms with Gasteiger partial charge in [-0.2, -0.15) is 0 Å². The van der Waals surface area contributed by atoms with Crippen LogP contribution in [0.5, 0.6) is 0 Å². The zero-order chi connectivity index (χ0) is 26.4. The molecule has 0 N–H and O–H groups in total. The summed E-state index contributed by atoms with van der Waals surface area (Å²) in [7, 11) is 7.13. The second kappa shape index (κ2) is 10.8. The van der Waals surface area contributed by atoms with Gasteiger partial charge < -0.3 is 14.2 Å². The van der Waals surface area contributed by atoms with Crippen molar-refractivity contribution in [3.8, 4) is 0 Å². The zero-order valence-electron chi connectivity index (χ0n) is 23.7. The van der Waals surface area contributed by atoms with E-state index in [2.05, 4.69) is 106 Å². The van der Waals surface area contributed by atoms with Crippen LogP contribution in [0.3, 0.4) is 0 Å². The van der Waals surface area contributed by atoms with Crippen LogP contribution in [0.15, 0.2) is 33.5 Å². The Labute approximate surface area is 214 Å². The highest BCUT2D eigenvalue weighted by Crippen LogP contribution is 2.49. The maximum atomic E-state index is 14.5. The van der Waals surface area contributed by atoms with Gasteiger partial charge in [0.15, 0.2) is 0 Å². The Morgan fingerprint density at radius 1 is 0.600 bits per heavy atom. The van der Waals surface area contributed by atoms with Gasteiger partial charge in [-0.05, 0) is 45.4 Å². The predicted molar refractivity (Wildman–Crippen MR) is 162 cm³/mol. The van der Waals surface area contributed by atoms with E-state index in [0.29, 0.717) is 33.8 Å². The number of hydrogen-bond donors (Lipinski definition) is 0. The maximum Gasteiger partial charge on any atom is 0.201 e. The van der Waals surface area contributed by atoms with Gasteiger partial charge in [-0.1, -0.05) is 71.2 Å². The molecule has 0 bridgehead atoms. The molecule has 2 aromatic carbocycles. The minimum Gasteiger partial charge on any atom is -0.456 e. The maximum absolute atomic E-state index is 14.5. The van der Waals surface area contributed by atoms with E-state index in [1.54, 1.807) is 0 Å². The smallest absolute Gasteiger partial charge is 0.201 e. The van der Waals surface area contributed by atoms with Gasteiger partial charge in [-0.3, -0.25) is 4.79 Å². The fourth-order valence-corrected chi connectivity index (χ4v) is 11.4. The van der Waals surface area contributed by atoms with E-state index in [1.165, 1.54) is 10.6 Å². The molecule has 0 aliphatic heterocycles. The van der Waals surface area contributed by atoms with E-state index in [9.17, 15) is 4.79 Å². The molecule has 0 aliphatic carbocycles. The molecule has 4 nitrogen and oxygen atoms in total. The lowest BCUT2D eigenvalue weighted by Gasteiger charge is -2.30. The summed E-state index contributed by atoms with van der Waals surface area (Å²) in [6.07, 6.45) is 0. The summed E-state index contributed by atoms with van der Waals surface area (Å²) in [4.78, 5) is 18.7. The van der Waals surface area contributed by atoms with Crippen LogP contribution in [0.25, 0.3) is 21.9 Å². The summed E-state index contributed by atoms with van der Waals surface area (Å²) in [6, 6.07) is 8.59. The number of benzene rings is 2. The fraction of sp³-hybridized carbons (Fsp3) is 0.552. The number of rotatable bonds is 8. The number of nitrogens with zero attached hydrogens (tertiary/aromatic N) is 2. The number of fused-ring (bicyclic) bond motifs is 2. The SMILES string of the molecule is CC(C)P(c1cc(N(C)C)cc2oc3cc(N(C)C)cc(P(C(C)C)C(C)C)c3c(=O)c12)C(C)C. The van der Waals surface area contributed by atoms with Crippen LogP contribution in [0.4, 0.5) is 11.4 Å². The van der Waals surface area contributed by atoms with E-state index in [4.69, 9.17) is 4.42 Å². The summed E-state index contributed by atoms with van der Waals surface area (Å²) in [5.74, 6) is 0. The molecule has 6 heteroatoms. The highest BCUT2D eigenvalue weighted by atomic mass is 31.1. The molecule has 0 unspecified atom stereocenters. The molecule has 0 saturated carbocycles. The lowest BCUT2D eigenvalue weighted by molar-refractivity contribution is 0.660. The van der Waals surface area contributed by atoms with E-state index >= 15 is 0 Å². The Kier molecular flexibility index (Phi) is 8.61. The third-order valence-corrected chi connectivity index (χ3v) is 12.9. The van der Waals surface area contributed by atoms with E-state index in [-0.39, 0.29) is 5.43 Å². The summed E-state index contributed by atoms with van der Waals surface area (Å²) in [5, 5.41) is 3.95. The first-order valence-electron chi connectivity index (χ1n) is 12.8. The minimum atomic E-state index is -0.542. The molecule has 1 heterocycles. The van der Waals surface area contributed by atoms with Gasteiger partial charge in [-0.15, -0.1) is 0 Å². The third-order valence-electron chi connectivity index (χ3n) is 6.62. The monoisotopic (exact) mass is 514 g/mol. The largest absolute Gasteiger partial charge is 0.456 e. The van der Waals surface area contributed by atoms with E-state index in [0.717, 1.165) is 22.1 Å². The molecule has 1 aromatic heterocycles. The van der Waals surface area contributed by atoms with E-state index < -0.39 is 15.8 Å². The molecule has 3 aromatic rings. The topological polar surface area (TPSA) is 36.7 Å². The normalized spacial score (nSPS) is 12.5. The average Bonchev–Trinajstić information content (AvgIpc) is 2.71. The van der Waals surface area contributed by atoms with Gasteiger partial charge in [0.25, 0.3) is 0 Å². The van der Waals surface area contributed by atoms with Crippen LogP contribution in [0.1, 0.15) is 55.4 Å². The first-order valence-corrected chi connectivity index (χ1v) is 15.7. The molecule has 3 rings (SSSR count). The Hall–Kier alpha value is -1.63. The fourth-order valence-electron chi connectivity index (χ4n) is 5.26. The Morgan fingerprint density at radius 3 is 1.17 bits per heavy atom. The van der Waals surface area contributed by atoms with Gasteiger partial charge in [0.2, 0.25) is 5.43 Å². The first-order chi connectivity index (χ1) is 16.3. The Bertz CT molecular complexity index is 1150. The molecule has 192 valence electrons. The molecular formula is C29H44N2O2P2. The Morgan fingerprint density at radius 2 is 0.914 bits per heavy atom. The lowest BCUT2D eigenvalue weighted by atomic mass is 10.1. The second-order valence-electron chi connectivity index (χ2n) is 11.1. The lowest BCUT2D eigenvalue weighted by Crippen LogP contribution is -2.26. The standard InChI is InChI=1S/C29H44N2O2P2/c1-17(2)34(18(3)4)25-15-21(30(9)10)13-23-27(25)29(32)28-24(33-23)14-22(31(11)12)16-26(28)35(19(5)6)20(7)8/h13-20H,1-12H3. The molecule has 0 aliphatic rings. The highest BCUT2D eigenvalue weighted by molar-refractivity contribution is 7.67. The van der Waals surface area contributed by atoms with Crippen molar-refractivity contribution in [2.45, 2.75) is 78.0 Å². The van der Waals surface area contributed by atoms with Crippen molar-refractivity contribution < 1.29 is 4.42 Å². The molecule has 0 amide bonds.